The van der Waals surface area contributed by atoms with Crippen LogP contribution < -0.4 is 10.6 Å². The molecule has 0 radical (unpaired) electrons. The summed E-state index contributed by atoms with van der Waals surface area (Å²) in [6.07, 6.45) is 0. The van der Waals surface area contributed by atoms with Gasteiger partial charge in [0, 0.05) is 30.9 Å². The van der Waals surface area contributed by atoms with Crippen LogP contribution >= 0.6 is 0 Å². The lowest BCUT2D eigenvalue weighted by molar-refractivity contribution is -0.384. The maximum atomic E-state index is 11.7. The first-order chi connectivity index (χ1) is 10.1. The largest absolute Gasteiger partial charge is 0.456 e. The van der Waals surface area contributed by atoms with Gasteiger partial charge in [-0.1, -0.05) is 0 Å². The second-order valence-electron chi connectivity index (χ2n) is 4.40. The van der Waals surface area contributed by atoms with Crippen molar-refractivity contribution >= 4 is 17.3 Å². The van der Waals surface area contributed by atoms with Crippen LogP contribution in [0, 0.1) is 17.0 Å². The standard InChI is InChI=1S/C14H15N3O4/c1-10-2-7-13(21-10)14(18)16-9-8-15-11-3-5-12(6-4-11)17(19)20/h2-7,15H,8-9H2,1H3,(H,16,18). The zero-order valence-electron chi connectivity index (χ0n) is 11.5. The number of nitro groups is 1. The van der Waals surface area contributed by atoms with Crippen molar-refractivity contribution in [2.75, 3.05) is 18.4 Å². The van der Waals surface area contributed by atoms with E-state index in [1.807, 2.05) is 0 Å². The average molecular weight is 289 g/mol. The summed E-state index contributed by atoms with van der Waals surface area (Å²) < 4.78 is 5.20. The molecule has 7 heteroatoms. The lowest BCUT2D eigenvalue weighted by Crippen LogP contribution is -2.28. The Morgan fingerprint density at radius 1 is 1.19 bits per heavy atom. The maximum absolute atomic E-state index is 11.7. The summed E-state index contributed by atoms with van der Waals surface area (Å²) in [6.45, 7) is 2.69. The van der Waals surface area contributed by atoms with E-state index >= 15 is 0 Å². The van der Waals surface area contributed by atoms with Gasteiger partial charge in [-0.2, -0.15) is 0 Å². The Bertz CT molecular complexity index is 634. The number of carbonyl (C=O) groups excluding carboxylic acids is 1. The molecule has 0 aliphatic heterocycles. The number of rotatable bonds is 6. The first kappa shape index (κ1) is 14.6. The fourth-order valence-electron chi connectivity index (χ4n) is 1.73. The number of non-ortho nitro benzene ring substituents is 1. The molecular weight excluding hydrogens is 274 g/mol. The van der Waals surface area contributed by atoms with Gasteiger partial charge in [-0.05, 0) is 31.2 Å². The summed E-state index contributed by atoms with van der Waals surface area (Å²) in [6, 6.07) is 9.43. The Hall–Kier alpha value is -2.83. The van der Waals surface area contributed by atoms with Gasteiger partial charge in [0.05, 0.1) is 4.92 Å². The van der Waals surface area contributed by atoms with Crippen LogP contribution in [-0.4, -0.2) is 23.9 Å². The monoisotopic (exact) mass is 289 g/mol. The van der Waals surface area contributed by atoms with Crippen molar-refractivity contribution in [3.05, 3.63) is 58.0 Å². The molecule has 0 aliphatic rings. The number of furan rings is 1. The van der Waals surface area contributed by atoms with E-state index in [0.29, 0.717) is 18.8 Å². The fourth-order valence-corrected chi connectivity index (χ4v) is 1.73. The summed E-state index contributed by atoms with van der Waals surface area (Å²) in [7, 11) is 0. The highest BCUT2D eigenvalue weighted by Crippen LogP contribution is 2.14. The minimum Gasteiger partial charge on any atom is -0.456 e. The van der Waals surface area contributed by atoms with Gasteiger partial charge in [0.15, 0.2) is 5.76 Å². The summed E-state index contributed by atoms with van der Waals surface area (Å²) in [5, 5.41) is 16.3. The number of nitrogens with one attached hydrogen (secondary N) is 2. The molecule has 0 bridgehead atoms. The van der Waals surface area contributed by atoms with Crippen LogP contribution in [-0.2, 0) is 0 Å². The van der Waals surface area contributed by atoms with Crippen molar-refractivity contribution in [2.45, 2.75) is 6.92 Å². The number of anilines is 1. The van der Waals surface area contributed by atoms with Crippen LogP contribution in [0.1, 0.15) is 16.3 Å². The average Bonchev–Trinajstić information content (AvgIpc) is 2.90. The Labute approximate surface area is 121 Å². The molecule has 1 heterocycles. The highest BCUT2D eigenvalue weighted by Gasteiger charge is 2.08. The van der Waals surface area contributed by atoms with Crippen LogP contribution in [0.15, 0.2) is 40.8 Å². The first-order valence-electron chi connectivity index (χ1n) is 6.39. The predicted molar refractivity (Wildman–Crippen MR) is 77.4 cm³/mol. The topological polar surface area (TPSA) is 97.4 Å². The van der Waals surface area contributed by atoms with Gasteiger partial charge in [0.25, 0.3) is 11.6 Å². The van der Waals surface area contributed by atoms with Gasteiger partial charge in [-0.15, -0.1) is 0 Å². The van der Waals surface area contributed by atoms with E-state index in [1.165, 1.54) is 12.1 Å². The van der Waals surface area contributed by atoms with Crippen molar-refractivity contribution in [2.24, 2.45) is 0 Å². The zero-order valence-corrected chi connectivity index (χ0v) is 11.5. The zero-order chi connectivity index (χ0) is 15.2. The minimum absolute atomic E-state index is 0.0436. The van der Waals surface area contributed by atoms with Gasteiger partial charge in [-0.3, -0.25) is 14.9 Å². The molecule has 2 aromatic rings. The van der Waals surface area contributed by atoms with Crippen LogP contribution in [0.25, 0.3) is 0 Å². The molecule has 0 aliphatic carbocycles. The quantitative estimate of drug-likeness (QED) is 0.483. The van der Waals surface area contributed by atoms with E-state index in [4.69, 9.17) is 4.42 Å². The van der Waals surface area contributed by atoms with Crippen LogP contribution in [0.3, 0.4) is 0 Å². The molecule has 110 valence electrons. The van der Waals surface area contributed by atoms with Crippen molar-refractivity contribution in [3.8, 4) is 0 Å². The van der Waals surface area contributed by atoms with Crippen LogP contribution in [0.4, 0.5) is 11.4 Å². The highest BCUT2D eigenvalue weighted by atomic mass is 16.6. The number of nitrogens with zero attached hydrogens (tertiary/aromatic N) is 1. The van der Waals surface area contributed by atoms with E-state index in [-0.39, 0.29) is 17.4 Å². The molecule has 1 aromatic carbocycles. The second kappa shape index (κ2) is 6.56. The molecule has 2 N–H and O–H groups in total. The summed E-state index contributed by atoms with van der Waals surface area (Å²) in [5.74, 6) is 0.695. The van der Waals surface area contributed by atoms with Crippen molar-refractivity contribution in [1.82, 2.24) is 5.32 Å². The number of hydrogen-bond donors (Lipinski definition) is 2. The first-order valence-corrected chi connectivity index (χ1v) is 6.39. The van der Waals surface area contributed by atoms with Crippen molar-refractivity contribution in [3.63, 3.8) is 0 Å². The SMILES string of the molecule is Cc1ccc(C(=O)NCCNc2ccc([N+](=O)[O-])cc2)o1. The molecule has 1 amide bonds. The van der Waals surface area contributed by atoms with E-state index in [9.17, 15) is 14.9 Å². The number of hydrogen-bond acceptors (Lipinski definition) is 5. The number of amides is 1. The highest BCUT2D eigenvalue weighted by molar-refractivity contribution is 5.91. The molecule has 7 nitrogen and oxygen atoms in total. The molecule has 21 heavy (non-hydrogen) atoms. The molecule has 0 saturated heterocycles. The second-order valence-corrected chi connectivity index (χ2v) is 4.40. The molecule has 0 atom stereocenters. The Balaban J connectivity index is 1.74. The van der Waals surface area contributed by atoms with Gasteiger partial charge >= 0.3 is 0 Å². The normalized spacial score (nSPS) is 10.1. The van der Waals surface area contributed by atoms with Crippen molar-refractivity contribution < 1.29 is 14.1 Å². The molecular formula is C14H15N3O4. The minimum atomic E-state index is -0.449. The molecule has 0 spiro atoms. The fraction of sp³-hybridized carbons (Fsp3) is 0.214. The molecule has 1 aromatic heterocycles. The number of nitro benzene ring substituents is 1. The summed E-state index contributed by atoms with van der Waals surface area (Å²) in [4.78, 5) is 21.7. The Kier molecular flexibility index (Phi) is 4.55. The Morgan fingerprint density at radius 2 is 1.90 bits per heavy atom. The molecule has 0 fully saturated rings. The van der Waals surface area contributed by atoms with E-state index in [0.717, 1.165) is 5.69 Å². The van der Waals surface area contributed by atoms with E-state index in [2.05, 4.69) is 10.6 Å². The number of aryl methyl sites for hydroxylation is 1. The molecule has 0 unspecified atom stereocenters. The maximum Gasteiger partial charge on any atom is 0.287 e. The molecule has 2 rings (SSSR count). The third-order valence-electron chi connectivity index (χ3n) is 2.78. The third kappa shape index (κ3) is 4.07. The summed E-state index contributed by atoms with van der Waals surface area (Å²) >= 11 is 0. The number of carbonyl (C=O) groups is 1. The predicted octanol–water partition coefficient (Wildman–Crippen LogP) is 2.34. The van der Waals surface area contributed by atoms with Crippen molar-refractivity contribution in [1.29, 1.82) is 0 Å². The van der Waals surface area contributed by atoms with Crippen LogP contribution in [0.2, 0.25) is 0 Å². The van der Waals surface area contributed by atoms with Gasteiger partial charge < -0.3 is 15.1 Å². The van der Waals surface area contributed by atoms with Crippen LogP contribution in [0.5, 0.6) is 0 Å². The molecule has 0 saturated carbocycles. The Morgan fingerprint density at radius 3 is 2.48 bits per heavy atom. The lowest BCUT2D eigenvalue weighted by atomic mass is 10.3. The third-order valence-corrected chi connectivity index (χ3v) is 2.78. The van der Waals surface area contributed by atoms with Gasteiger partial charge in [0.1, 0.15) is 5.76 Å². The van der Waals surface area contributed by atoms with E-state index in [1.54, 1.807) is 31.2 Å². The van der Waals surface area contributed by atoms with Gasteiger partial charge in [-0.25, -0.2) is 0 Å². The van der Waals surface area contributed by atoms with E-state index < -0.39 is 4.92 Å². The lowest BCUT2D eigenvalue weighted by Gasteiger charge is -2.06. The summed E-state index contributed by atoms with van der Waals surface area (Å²) in [5.41, 5.74) is 0.797. The smallest absolute Gasteiger partial charge is 0.287 e. The number of benzene rings is 1. The van der Waals surface area contributed by atoms with Gasteiger partial charge in [0.2, 0.25) is 0 Å².